The largest absolute Gasteiger partial charge is 0.507 e. The summed E-state index contributed by atoms with van der Waals surface area (Å²) in [5.74, 6) is 0.790. The summed E-state index contributed by atoms with van der Waals surface area (Å²) in [5, 5.41) is 49.8. The lowest BCUT2D eigenvalue weighted by Crippen LogP contribution is -2.17. The van der Waals surface area contributed by atoms with E-state index in [1.54, 1.807) is 72.8 Å². The van der Waals surface area contributed by atoms with E-state index in [1.807, 2.05) is 41.5 Å². The molecule has 5 nitrogen and oxygen atoms in total. The first-order valence-electron chi connectivity index (χ1n) is 23.2. The summed E-state index contributed by atoms with van der Waals surface area (Å²) in [6.07, 6.45) is 27.5. The van der Waals surface area contributed by atoms with Gasteiger partial charge in [0, 0.05) is 21.5 Å². The summed E-state index contributed by atoms with van der Waals surface area (Å²) in [6, 6.07) is 20.3. The molecule has 4 aromatic carbocycles. The van der Waals surface area contributed by atoms with Crippen molar-refractivity contribution in [3.05, 3.63) is 72.8 Å². The van der Waals surface area contributed by atoms with E-state index in [0.717, 1.165) is 6.42 Å². The predicted molar refractivity (Wildman–Crippen MR) is 257 cm³/mol. The van der Waals surface area contributed by atoms with Crippen LogP contribution in [0.5, 0.6) is 23.0 Å². The number of unbranched alkanes of at least 4 members (excludes halogenated alkanes) is 16. The van der Waals surface area contributed by atoms with Crippen LogP contribution in [0.3, 0.4) is 0 Å². The van der Waals surface area contributed by atoms with Gasteiger partial charge in [0.25, 0.3) is 0 Å². The molecular formula is C53H90O5. The maximum Gasteiger partial charge on any atom is 0.123 e. The number of aromatic hydroxyl groups is 4. The lowest BCUT2D eigenvalue weighted by atomic mass is 9.89. The van der Waals surface area contributed by atoms with Crippen molar-refractivity contribution in [1.82, 2.24) is 0 Å². The van der Waals surface area contributed by atoms with Gasteiger partial charge in [0.15, 0.2) is 0 Å². The molecule has 0 amide bonds. The van der Waals surface area contributed by atoms with Crippen LogP contribution in [0.1, 0.15) is 205 Å². The Kier molecular flexibility index (Phi) is 34.7. The molecule has 332 valence electrons. The first-order chi connectivity index (χ1) is 27.7. The minimum Gasteiger partial charge on any atom is -0.507 e. The maximum absolute atomic E-state index is 9.52. The molecule has 0 fully saturated rings. The van der Waals surface area contributed by atoms with E-state index in [-0.39, 0.29) is 23.0 Å². The summed E-state index contributed by atoms with van der Waals surface area (Å²) < 4.78 is 0. The molecular weight excluding hydrogens is 717 g/mol. The fourth-order valence-corrected chi connectivity index (χ4v) is 6.39. The second-order valence-electron chi connectivity index (χ2n) is 16.8. The number of hydrogen-bond donors (Lipinski definition) is 5. The van der Waals surface area contributed by atoms with Gasteiger partial charge in [-0.3, -0.25) is 0 Å². The summed E-state index contributed by atoms with van der Waals surface area (Å²) >= 11 is 0. The topological polar surface area (TPSA) is 101 Å². The summed E-state index contributed by atoms with van der Waals surface area (Å²) in [4.78, 5) is 0. The highest BCUT2D eigenvalue weighted by Crippen LogP contribution is 2.31. The van der Waals surface area contributed by atoms with Crippen LogP contribution >= 0.6 is 0 Å². The number of phenols is 4. The van der Waals surface area contributed by atoms with Crippen molar-refractivity contribution in [2.45, 2.75) is 210 Å². The van der Waals surface area contributed by atoms with Gasteiger partial charge in [-0.15, -0.1) is 0 Å². The molecule has 0 heterocycles. The Morgan fingerprint density at radius 3 is 0.793 bits per heavy atom. The Bertz CT molecular complexity index is 1320. The Labute approximate surface area is 357 Å². The average Bonchev–Trinajstić information content (AvgIpc) is 3.19. The monoisotopic (exact) mass is 807 g/mol. The Balaban J connectivity index is 0. The van der Waals surface area contributed by atoms with Crippen LogP contribution in [0.2, 0.25) is 0 Å². The third kappa shape index (κ3) is 29.7. The van der Waals surface area contributed by atoms with Crippen molar-refractivity contribution in [3.8, 4) is 23.0 Å². The highest BCUT2D eigenvalue weighted by Gasteiger charge is 2.11. The van der Waals surface area contributed by atoms with Gasteiger partial charge < -0.3 is 25.5 Å². The zero-order valence-corrected chi connectivity index (χ0v) is 39.3. The first-order valence-corrected chi connectivity index (χ1v) is 23.2. The molecule has 0 spiro atoms. The minimum absolute atomic E-state index is 0.198. The van der Waals surface area contributed by atoms with Gasteiger partial charge in [-0.1, -0.05) is 226 Å². The van der Waals surface area contributed by atoms with Crippen LogP contribution in [0.4, 0.5) is 0 Å². The summed E-state index contributed by atoms with van der Waals surface area (Å²) in [6.45, 7) is 23.4. The summed E-state index contributed by atoms with van der Waals surface area (Å²) in [5.41, 5.74) is 0.0856. The second-order valence-corrected chi connectivity index (χ2v) is 16.8. The number of fused-ring (bicyclic) bond motifs is 2. The van der Waals surface area contributed by atoms with Gasteiger partial charge in [-0.25, -0.2) is 0 Å². The fraction of sp³-hybridized carbons (Fsp3) is 0.623. The minimum atomic E-state index is -0.457. The number of aliphatic hydroxyl groups is 1. The third-order valence-electron chi connectivity index (χ3n) is 9.67. The molecule has 0 aliphatic heterocycles. The van der Waals surface area contributed by atoms with Gasteiger partial charge in [0.2, 0.25) is 0 Å². The van der Waals surface area contributed by atoms with E-state index in [2.05, 4.69) is 34.6 Å². The van der Waals surface area contributed by atoms with E-state index in [1.165, 1.54) is 122 Å². The number of rotatable bonds is 19. The molecule has 58 heavy (non-hydrogen) atoms. The van der Waals surface area contributed by atoms with Crippen molar-refractivity contribution in [2.75, 3.05) is 0 Å². The molecule has 4 aromatic rings. The lowest BCUT2D eigenvalue weighted by Gasteiger charge is -2.17. The maximum atomic E-state index is 9.52. The standard InChI is InChI=1S/C15H32.C14H30O.2C10H8O2.2C2H6/c1-5-6-7-8-9-10-11-12-13-14-15(2,3)4;1-4-5-6-7-8-9-10-11-12-13-14(2,3)15;2*11-9-5-1-3-7-8(9)4-2-6-10(7)12;2*1-2/h5-14H2,1-4H3;15H,4-13H2,1-3H3;2*1-6,11-12H;2*1-2H3. The molecule has 5 heteroatoms. The Morgan fingerprint density at radius 2 is 0.569 bits per heavy atom. The van der Waals surface area contributed by atoms with Crippen molar-refractivity contribution < 1.29 is 25.5 Å². The average molecular weight is 807 g/mol. The third-order valence-corrected chi connectivity index (χ3v) is 9.67. The first kappa shape index (κ1) is 56.7. The van der Waals surface area contributed by atoms with Gasteiger partial charge in [0.1, 0.15) is 23.0 Å². The molecule has 0 radical (unpaired) electrons. The molecule has 4 rings (SSSR count). The molecule has 0 atom stereocenters. The SMILES string of the molecule is CC.CC.CCCCCCCCCCCC(C)(C)C.CCCCCCCCCCCC(C)(C)O.Oc1cccc2c(O)cccc12.Oc1cccc2c(O)cccc12. The van der Waals surface area contributed by atoms with Crippen LogP contribution in [0, 0.1) is 5.41 Å². The summed E-state index contributed by atoms with van der Waals surface area (Å²) in [7, 11) is 0. The molecule has 0 unspecified atom stereocenters. The van der Waals surface area contributed by atoms with Gasteiger partial charge >= 0.3 is 0 Å². The van der Waals surface area contributed by atoms with Crippen molar-refractivity contribution in [2.24, 2.45) is 5.41 Å². The van der Waals surface area contributed by atoms with Crippen LogP contribution in [0.25, 0.3) is 21.5 Å². The molecule has 0 aliphatic carbocycles. The van der Waals surface area contributed by atoms with E-state index < -0.39 is 5.60 Å². The number of benzene rings is 4. The van der Waals surface area contributed by atoms with Crippen LogP contribution in [-0.2, 0) is 0 Å². The molecule has 0 aromatic heterocycles. The predicted octanol–water partition coefficient (Wildman–Crippen LogP) is 17.2. The van der Waals surface area contributed by atoms with Gasteiger partial charge in [0.05, 0.1) is 5.60 Å². The van der Waals surface area contributed by atoms with E-state index in [9.17, 15) is 25.5 Å². The molecule has 0 saturated carbocycles. The van der Waals surface area contributed by atoms with Gasteiger partial charge in [-0.05, 0) is 56.4 Å². The molecule has 0 saturated heterocycles. The zero-order chi connectivity index (χ0) is 44.2. The van der Waals surface area contributed by atoms with Crippen molar-refractivity contribution >= 4 is 21.5 Å². The Hall–Kier alpha value is -3.44. The van der Waals surface area contributed by atoms with E-state index in [0.29, 0.717) is 27.0 Å². The fourth-order valence-electron chi connectivity index (χ4n) is 6.39. The van der Waals surface area contributed by atoms with E-state index in [4.69, 9.17) is 0 Å². The van der Waals surface area contributed by atoms with Crippen LogP contribution in [0.15, 0.2) is 72.8 Å². The van der Waals surface area contributed by atoms with E-state index >= 15 is 0 Å². The van der Waals surface area contributed by atoms with Gasteiger partial charge in [-0.2, -0.15) is 0 Å². The van der Waals surface area contributed by atoms with Crippen LogP contribution < -0.4 is 0 Å². The lowest BCUT2D eigenvalue weighted by molar-refractivity contribution is 0.0680. The highest BCUT2D eigenvalue weighted by atomic mass is 16.3. The number of hydrogen-bond acceptors (Lipinski definition) is 5. The smallest absolute Gasteiger partial charge is 0.123 e. The zero-order valence-electron chi connectivity index (χ0n) is 39.3. The quantitative estimate of drug-likeness (QED) is 0.0608. The normalized spacial score (nSPS) is 10.7. The van der Waals surface area contributed by atoms with Crippen molar-refractivity contribution in [1.29, 1.82) is 0 Å². The number of phenolic OH excluding ortho intramolecular Hbond substituents is 4. The Morgan fingerprint density at radius 1 is 0.345 bits per heavy atom. The van der Waals surface area contributed by atoms with Crippen LogP contribution in [-0.4, -0.2) is 31.1 Å². The second kappa shape index (κ2) is 35.5. The highest BCUT2D eigenvalue weighted by molar-refractivity contribution is 5.93. The molecule has 5 N–H and O–H groups in total. The van der Waals surface area contributed by atoms with Crippen molar-refractivity contribution in [3.63, 3.8) is 0 Å². The molecule has 0 bridgehead atoms. The molecule has 0 aliphatic rings.